The molecule has 144 valence electrons. The van der Waals surface area contributed by atoms with Gasteiger partial charge in [-0.1, -0.05) is 19.9 Å². The third-order valence-corrected chi connectivity index (χ3v) is 4.68. The molecule has 1 N–H and O–H groups in total. The second-order valence-corrected chi connectivity index (χ2v) is 8.55. The van der Waals surface area contributed by atoms with Crippen molar-refractivity contribution in [1.29, 1.82) is 0 Å². The van der Waals surface area contributed by atoms with E-state index >= 15 is 0 Å². The molecule has 0 saturated heterocycles. The Morgan fingerprint density at radius 1 is 1.20 bits per heavy atom. The Kier molecular flexibility index (Phi) is 7.73. The average Bonchev–Trinajstić information content (AvgIpc) is 2.91. The molecule has 1 atom stereocenters. The van der Waals surface area contributed by atoms with Crippen molar-refractivity contribution < 1.29 is 14.6 Å². The van der Waals surface area contributed by atoms with Gasteiger partial charge in [-0.25, -0.2) is 4.79 Å². The van der Waals surface area contributed by atoms with E-state index in [4.69, 9.17) is 4.74 Å². The van der Waals surface area contributed by atoms with E-state index in [0.29, 0.717) is 11.7 Å². The molecular weight excluding hydrogens is 314 g/mol. The minimum absolute atomic E-state index is 0.0265. The molecule has 0 heterocycles. The molecule has 1 aliphatic carbocycles. The number of hydrogen-bond donors (Lipinski definition) is 1. The smallest absolute Gasteiger partial charge is 0.410 e. The molecule has 0 aromatic heterocycles. The molecule has 1 fully saturated rings. The number of rotatable bonds is 6. The van der Waals surface area contributed by atoms with Crippen LogP contribution in [0.25, 0.3) is 0 Å². The molecular formula is C21H37NO3. The molecule has 0 aromatic carbocycles. The van der Waals surface area contributed by atoms with Crippen LogP contribution in [0.2, 0.25) is 0 Å². The van der Waals surface area contributed by atoms with Crippen molar-refractivity contribution in [3.8, 4) is 0 Å². The van der Waals surface area contributed by atoms with Gasteiger partial charge in [-0.2, -0.15) is 0 Å². The summed E-state index contributed by atoms with van der Waals surface area (Å²) in [6.45, 7) is 15.8. The Labute approximate surface area is 153 Å². The van der Waals surface area contributed by atoms with Gasteiger partial charge in [0.1, 0.15) is 5.76 Å². The van der Waals surface area contributed by atoms with E-state index in [2.05, 4.69) is 13.8 Å². The van der Waals surface area contributed by atoms with Crippen LogP contribution in [0.5, 0.6) is 0 Å². The lowest BCUT2D eigenvalue weighted by Gasteiger charge is -2.31. The van der Waals surface area contributed by atoms with Crippen LogP contribution in [-0.2, 0) is 4.74 Å². The van der Waals surface area contributed by atoms with Crippen molar-refractivity contribution in [2.45, 2.75) is 92.3 Å². The number of ether oxygens (including phenoxy) is 1. The minimum atomic E-state index is -0.815. The van der Waals surface area contributed by atoms with E-state index in [1.54, 1.807) is 4.90 Å². The van der Waals surface area contributed by atoms with E-state index in [9.17, 15) is 9.90 Å². The van der Waals surface area contributed by atoms with Gasteiger partial charge in [0.25, 0.3) is 0 Å². The molecule has 1 aliphatic rings. The number of allylic oxidation sites excluding steroid dienone is 2. The number of carbonyl (C=O) groups excluding carboxylic acids is 1. The molecule has 0 unspecified atom stereocenters. The maximum Gasteiger partial charge on any atom is 0.415 e. The molecule has 0 aromatic rings. The average molecular weight is 352 g/mol. The molecule has 1 rings (SSSR count). The second kappa shape index (κ2) is 8.88. The van der Waals surface area contributed by atoms with Crippen LogP contribution in [0.3, 0.4) is 0 Å². The van der Waals surface area contributed by atoms with Crippen molar-refractivity contribution in [2.24, 2.45) is 11.8 Å². The SMILES string of the molecule is CC(C)/C=C/C(OC(=O)N(C(C)C)C(C)C)=C1/CCC[C@@H]1C(C)(C)O. The van der Waals surface area contributed by atoms with Crippen LogP contribution in [0, 0.1) is 11.8 Å². The summed E-state index contributed by atoms with van der Waals surface area (Å²) in [6, 6.07) is 0.142. The zero-order valence-corrected chi connectivity index (χ0v) is 17.3. The Morgan fingerprint density at radius 3 is 2.20 bits per heavy atom. The first-order valence-electron chi connectivity index (χ1n) is 9.58. The minimum Gasteiger partial charge on any atom is -0.410 e. The summed E-state index contributed by atoms with van der Waals surface area (Å²) < 4.78 is 5.86. The van der Waals surface area contributed by atoms with Gasteiger partial charge in [-0.15, -0.1) is 0 Å². The highest BCUT2D eigenvalue weighted by atomic mass is 16.6. The van der Waals surface area contributed by atoms with Gasteiger partial charge in [0.05, 0.1) is 5.60 Å². The predicted octanol–water partition coefficient (Wildman–Crippen LogP) is 5.28. The Morgan fingerprint density at radius 2 is 1.76 bits per heavy atom. The van der Waals surface area contributed by atoms with Crippen molar-refractivity contribution in [2.75, 3.05) is 0 Å². The van der Waals surface area contributed by atoms with Gasteiger partial charge in [-0.3, -0.25) is 0 Å². The molecule has 0 radical (unpaired) electrons. The summed E-state index contributed by atoms with van der Waals surface area (Å²) in [5.74, 6) is 1.01. The highest BCUT2D eigenvalue weighted by Gasteiger charge is 2.36. The van der Waals surface area contributed by atoms with Crippen LogP contribution in [0.15, 0.2) is 23.5 Å². The number of aliphatic hydroxyl groups is 1. The van der Waals surface area contributed by atoms with Crippen LogP contribution in [0.4, 0.5) is 4.79 Å². The summed E-state index contributed by atoms with van der Waals surface area (Å²) in [6.07, 6.45) is 6.45. The molecule has 4 nitrogen and oxygen atoms in total. The van der Waals surface area contributed by atoms with Crippen molar-refractivity contribution in [3.05, 3.63) is 23.5 Å². The molecule has 4 heteroatoms. The highest BCUT2D eigenvalue weighted by Crippen LogP contribution is 2.41. The Balaban J connectivity index is 3.21. The first kappa shape index (κ1) is 21.8. The predicted molar refractivity (Wildman–Crippen MR) is 103 cm³/mol. The number of carbonyl (C=O) groups is 1. The lowest BCUT2D eigenvalue weighted by Crippen LogP contribution is -2.42. The summed E-state index contributed by atoms with van der Waals surface area (Å²) >= 11 is 0. The van der Waals surface area contributed by atoms with Gasteiger partial charge in [-0.05, 0) is 78.4 Å². The van der Waals surface area contributed by atoms with Gasteiger partial charge in [0.15, 0.2) is 0 Å². The maximum atomic E-state index is 12.8. The molecule has 25 heavy (non-hydrogen) atoms. The fraction of sp³-hybridized carbons (Fsp3) is 0.762. The fourth-order valence-corrected chi connectivity index (χ4v) is 3.57. The van der Waals surface area contributed by atoms with Crippen LogP contribution >= 0.6 is 0 Å². The van der Waals surface area contributed by atoms with Crippen LogP contribution < -0.4 is 0 Å². The molecule has 1 saturated carbocycles. The quantitative estimate of drug-likeness (QED) is 0.662. The van der Waals surface area contributed by atoms with Gasteiger partial charge < -0.3 is 14.7 Å². The first-order valence-corrected chi connectivity index (χ1v) is 9.58. The van der Waals surface area contributed by atoms with Crippen molar-refractivity contribution in [3.63, 3.8) is 0 Å². The third-order valence-electron chi connectivity index (χ3n) is 4.68. The van der Waals surface area contributed by atoms with Crippen LogP contribution in [0.1, 0.15) is 74.7 Å². The molecule has 1 amide bonds. The van der Waals surface area contributed by atoms with E-state index in [1.165, 1.54) is 0 Å². The Hall–Kier alpha value is -1.29. The second-order valence-electron chi connectivity index (χ2n) is 8.55. The Bertz CT molecular complexity index is 502. The lowest BCUT2D eigenvalue weighted by atomic mass is 9.85. The van der Waals surface area contributed by atoms with E-state index in [1.807, 2.05) is 53.7 Å². The molecule has 0 bridgehead atoms. The van der Waals surface area contributed by atoms with E-state index in [-0.39, 0.29) is 24.1 Å². The van der Waals surface area contributed by atoms with Gasteiger partial charge in [0.2, 0.25) is 0 Å². The lowest BCUT2D eigenvalue weighted by molar-refractivity contribution is 0.0326. The fourth-order valence-electron chi connectivity index (χ4n) is 3.57. The maximum absolute atomic E-state index is 12.8. The number of hydrogen-bond acceptors (Lipinski definition) is 3. The zero-order chi connectivity index (χ0) is 19.4. The summed E-state index contributed by atoms with van der Waals surface area (Å²) in [5.41, 5.74) is 0.246. The van der Waals surface area contributed by atoms with E-state index < -0.39 is 5.60 Å². The highest BCUT2D eigenvalue weighted by molar-refractivity contribution is 5.70. The zero-order valence-electron chi connectivity index (χ0n) is 17.3. The molecule has 0 aliphatic heterocycles. The van der Waals surface area contributed by atoms with E-state index in [0.717, 1.165) is 24.8 Å². The summed E-state index contributed by atoms with van der Waals surface area (Å²) in [4.78, 5) is 14.5. The van der Waals surface area contributed by atoms with Gasteiger partial charge in [0, 0.05) is 18.0 Å². The summed E-state index contributed by atoms with van der Waals surface area (Å²) in [5, 5.41) is 10.5. The molecule has 0 spiro atoms. The largest absolute Gasteiger partial charge is 0.415 e. The van der Waals surface area contributed by atoms with Crippen molar-refractivity contribution >= 4 is 6.09 Å². The number of nitrogens with zero attached hydrogens (tertiary/aromatic N) is 1. The standard InChI is InChI=1S/C21H37NO3/c1-14(2)12-13-19(17-10-9-11-18(17)21(7,8)24)25-20(23)22(15(3)4)16(5)6/h12-16,18,24H,9-11H2,1-8H3/b13-12+,19-17+/t18-/m0/s1. The monoisotopic (exact) mass is 351 g/mol. The number of amides is 1. The first-order chi connectivity index (χ1) is 11.4. The third kappa shape index (κ3) is 6.18. The normalized spacial score (nSPS) is 20.9. The topological polar surface area (TPSA) is 49.8 Å². The van der Waals surface area contributed by atoms with Gasteiger partial charge >= 0.3 is 6.09 Å². The van der Waals surface area contributed by atoms with Crippen LogP contribution in [-0.4, -0.2) is 33.8 Å². The van der Waals surface area contributed by atoms with Crippen molar-refractivity contribution in [1.82, 2.24) is 4.90 Å². The summed E-state index contributed by atoms with van der Waals surface area (Å²) in [7, 11) is 0.